The predicted octanol–water partition coefficient (Wildman–Crippen LogP) is 1.83. The first-order valence-electron chi connectivity index (χ1n) is 12.4. The fourth-order valence-corrected chi connectivity index (χ4v) is 6.24. The number of amides is 3. The molecule has 1 aliphatic carbocycles. The van der Waals surface area contributed by atoms with E-state index in [1.54, 1.807) is 13.0 Å². The minimum atomic E-state index is -3.56. The highest BCUT2D eigenvalue weighted by Gasteiger charge is 2.42. The number of ether oxygens (including phenoxy) is 1. The first-order valence-corrected chi connectivity index (χ1v) is 15.0. The predicted molar refractivity (Wildman–Crippen MR) is 138 cm³/mol. The smallest absolute Gasteiger partial charge is 0.324 e. The normalized spacial score (nSPS) is 32.6. The Morgan fingerprint density at radius 3 is 2.83 bits per heavy atom. The second-order valence-corrected chi connectivity index (χ2v) is 13.0. The lowest BCUT2D eigenvalue weighted by Gasteiger charge is -2.28. The van der Waals surface area contributed by atoms with Gasteiger partial charge in [-0.15, -0.1) is 0 Å². The molecular formula is C24H38N3O7PS. The molecule has 5 N–H and O–H groups in total. The molecule has 1 saturated carbocycles. The van der Waals surface area contributed by atoms with Gasteiger partial charge in [-0.25, -0.2) is 0 Å². The average Bonchev–Trinajstić information content (AvgIpc) is 3.16. The minimum absolute atomic E-state index is 0.0112. The standard InChI is InChI=1S/C24H38N3O7PS/c1-14-8-15(2)10-17(9-14)4-5-22(28)26-6-7-32-35(31,36)33-13-21-19(25)12-20(34-21)18-11-16(3)23(29)27-24(18)30/h11,15,17-21H,1,4-10,12-13,25H2,2-3H3,(H,26,28)(H,31,36)(H,27,29,30)/t15?,17?,18?,19-,20?,21+,35?/m0/s1. The van der Waals surface area contributed by atoms with Crippen LogP contribution in [0.5, 0.6) is 0 Å². The monoisotopic (exact) mass is 543 g/mol. The lowest BCUT2D eigenvalue weighted by atomic mass is 9.78. The van der Waals surface area contributed by atoms with Gasteiger partial charge in [-0.1, -0.05) is 25.2 Å². The zero-order chi connectivity index (χ0) is 26.5. The van der Waals surface area contributed by atoms with E-state index in [1.807, 2.05) is 0 Å². The van der Waals surface area contributed by atoms with Gasteiger partial charge in [0.25, 0.3) is 5.91 Å². The lowest BCUT2D eigenvalue weighted by Crippen LogP contribution is -2.44. The molecule has 3 rings (SSSR count). The van der Waals surface area contributed by atoms with Crippen molar-refractivity contribution in [1.82, 2.24) is 10.6 Å². The second kappa shape index (κ2) is 12.9. The number of hydrogen-bond donors (Lipinski definition) is 4. The van der Waals surface area contributed by atoms with Gasteiger partial charge in [0, 0.05) is 24.6 Å². The number of hydrogen-bond acceptors (Lipinski definition) is 8. The maximum atomic E-state index is 12.2. The van der Waals surface area contributed by atoms with Crippen molar-refractivity contribution >= 4 is 36.2 Å². The van der Waals surface area contributed by atoms with Crippen LogP contribution >= 0.6 is 6.72 Å². The quantitative estimate of drug-likeness (QED) is 0.132. The van der Waals surface area contributed by atoms with Crippen LogP contribution in [0, 0.1) is 17.8 Å². The van der Waals surface area contributed by atoms with E-state index >= 15 is 0 Å². The van der Waals surface area contributed by atoms with Crippen LogP contribution in [-0.4, -0.2) is 60.6 Å². The van der Waals surface area contributed by atoms with E-state index < -0.39 is 42.7 Å². The molecule has 2 heterocycles. The molecule has 3 aliphatic rings. The third-order valence-corrected chi connectivity index (χ3v) is 8.49. The van der Waals surface area contributed by atoms with Gasteiger partial charge in [0.1, 0.15) is 0 Å². The van der Waals surface area contributed by atoms with Crippen LogP contribution in [0.25, 0.3) is 0 Å². The van der Waals surface area contributed by atoms with Crippen molar-refractivity contribution in [2.45, 2.75) is 70.6 Å². The molecule has 202 valence electrons. The van der Waals surface area contributed by atoms with Crippen molar-refractivity contribution in [3.8, 4) is 0 Å². The Hall–Kier alpha value is -1.46. The molecule has 5 unspecified atom stereocenters. The van der Waals surface area contributed by atoms with Gasteiger partial charge in [0.05, 0.1) is 31.3 Å². The van der Waals surface area contributed by atoms with Crippen molar-refractivity contribution in [3.05, 3.63) is 23.8 Å². The third-order valence-electron chi connectivity index (χ3n) is 6.87. The summed E-state index contributed by atoms with van der Waals surface area (Å²) < 4.78 is 16.6. The number of nitrogens with two attached hydrogens (primary N) is 1. The molecule has 0 bridgehead atoms. The largest absolute Gasteiger partial charge is 0.370 e. The summed E-state index contributed by atoms with van der Waals surface area (Å²) >= 11 is 5.05. The van der Waals surface area contributed by atoms with Crippen molar-refractivity contribution in [2.24, 2.45) is 23.5 Å². The van der Waals surface area contributed by atoms with Gasteiger partial charge in [-0.3, -0.25) is 19.7 Å². The summed E-state index contributed by atoms with van der Waals surface area (Å²) in [5.74, 6) is -0.424. The van der Waals surface area contributed by atoms with Crippen LogP contribution in [-0.2, 0) is 40.0 Å². The van der Waals surface area contributed by atoms with Crippen LogP contribution in [0.3, 0.4) is 0 Å². The summed E-state index contributed by atoms with van der Waals surface area (Å²) in [6, 6.07) is -0.437. The molecule has 7 atom stereocenters. The van der Waals surface area contributed by atoms with Crippen molar-refractivity contribution in [3.63, 3.8) is 0 Å². The zero-order valence-electron chi connectivity index (χ0n) is 20.9. The van der Waals surface area contributed by atoms with Gasteiger partial charge in [-0.05, 0) is 62.7 Å². The highest BCUT2D eigenvalue weighted by atomic mass is 32.5. The number of carbonyl (C=O) groups excluding carboxylic acids is 3. The van der Waals surface area contributed by atoms with Crippen LogP contribution in [0.2, 0.25) is 0 Å². The summed E-state index contributed by atoms with van der Waals surface area (Å²) in [4.78, 5) is 46.3. The SMILES string of the molecule is C=C1CC(C)CC(CCC(=O)NCCOP(O)(=S)OC[C@H]2OC(C3C=C(C)C(=O)NC3=O)C[C@@H]2N)C1. The van der Waals surface area contributed by atoms with Crippen LogP contribution in [0.1, 0.15) is 52.4 Å². The van der Waals surface area contributed by atoms with E-state index in [2.05, 4.69) is 24.1 Å². The summed E-state index contributed by atoms with van der Waals surface area (Å²) in [5.41, 5.74) is 7.85. The Labute approximate surface area is 217 Å². The van der Waals surface area contributed by atoms with Gasteiger partial charge in [0.15, 0.2) is 0 Å². The number of allylic oxidation sites excluding steroid dienone is 1. The van der Waals surface area contributed by atoms with E-state index in [4.69, 9.17) is 31.3 Å². The van der Waals surface area contributed by atoms with Crippen LogP contribution < -0.4 is 16.4 Å². The Balaban J connectivity index is 1.33. The minimum Gasteiger partial charge on any atom is -0.370 e. The van der Waals surface area contributed by atoms with Crippen molar-refractivity contribution in [1.29, 1.82) is 0 Å². The van der Waals surface area contributed by atoms with Crippen LogP contribution in [0.15, 0.2) is 23.8 Å². The molecule has 3 amide bonds. The first kappa shape index (κ1) is 29.1. The fraction of sp³-hybridized carbons (Fsp3) is 0.708. The molecule has 0 aromatic rings. The highest BCUT2D eigenvalue weighted by Crippen LogP contribution is 2.44. The van der Waals surface area contributed by atoms with E-state index in [0.29, 0.717) is 30.3 Å². The molecule has 2 fully saturated rings. The summed E-state index contributed by atoms with van der Waals surface area (Å²) in [6.45, 7) is 4.50. The van der Waals surface area contributed by atoms with E-state index in [1.165, 1.54) is 5.57 Å². The second-order valence-electron chi connectivity index (χ2n) is 10.2. The molecule has 36 heavy (non-hydrogen) atoms. The maximum absolute atomic E-state index is 12.2. The molecule has 0 spiro atoms. The van der Waals surface area contributed by atoms with Gasteiger partial charge >= 0.3 is 6.72 Å². The molecule has 1 saturated heterocycles. The summed E-state index contributed by atoms with van der Waals surface area (Å²) in [5, 5.41) is 5.08. The van der Waals surface area contributed by atoms with Gasteiger partial charge in [-0.2, -0.15) is 0 Å². The van der Waals surface area contributed by atoms with Crippen molar-refractivity contribution in [2.75, 3.05) is 19.8 Å². The summed E-state index contributed by atoms with van der Waals surface area (Å²) in [6.07, 6.45) is 5.32. The topological polar surface area (TPSA) is 149 Å². The highest BCUT2D eigenvalue weighted by molar-refractivity contribution is 8.07. The third kappa shape index (κ3) is 8.55. The van der Waals surface area contributed by atoms with E-state index in [-0.39, 0.29) is 25.7 Å². The average molecular weight is 544 g/mol. The number of rotatable bonds is 11. The Kier molecular flexibility index (Phi) is 10.4. The molecule has 2 aliphatic heterocycles. The van der Waals surface area contributed by atoms with Crippen molar-refractivity contribution < 1.29 is 33.1 Å². The van der Waals surface area contributed by atoms with Gasteiger partial charge in [0.2, 0.25) is 11.8 Å². The molecule has 12 heteroatoms. The molecule has 10 nitrogen and oxygen atoms in total. The Bertz CT molecular complexity index is 943. The van der Waals surface area contributed by atoms with E-state index in [0.717, 1.165) is 25.7 Å². The van der Waals surface area contributed by atoms with Gasteiger partial charge < -0.3 is 29.7 Å². The summed E-state index contributed by atoms with van der Waals surface area (Å²) in [7, 11) is 0. The molecule has 0 aromatic heterocycles. The Morgan fingerprint density at radius 2 is 2.11 bits per heavy atom. The first-order chi connectivity index (χ1) is 16.9. The molecule has 0 aromatic carbocycles. The van der Waals surface area contributed by atoms with Crippen LogP contribution in [0.4, 0.5) is 0 Å². The van der Waals surface area contributed by atoms with E-state index in [9.17, 15) is 19.3 Å². The number of imide groups is 1. The Morgan fingerprint density at radius 1 is 1.36 bits per heavy atom. The maximum Gasteiger partial charge on any atom is 0.324 e. The zero-order valence-corrected chi connectivity index (χ0v) is 22.7. The molecule has 0 radical (unpaired) electrons. The molecular weight excluding hydrogens is 505 g/mol. The number of nitrogens with one attached hydrogen (secondary N) is 2. The lowest BCUT2D eigenvalue weighted by molar-refractivity contribution is -0.134. The fourth-order valence-electron chi connectivity index (χ4n) is 5.11. The number of carbonyl (C=O) groups is 3.